The number of ether oxygens (including phenoxy) is 1. The van der Waals surface area contributed by atoms with Crippen LogP contribution in [-0.4, -0.2) is 18.5 Å². The molecule has 0 saturated carbocycles. The summed E-state index contributed by atoms with van der Waals surface area (Å²) < 4.78 is 10.2. The summed E-state index contributed by atoms with van der Waals surface area (Å²) in [6.07, 6.45) is 2.89. The van der Waals surface area contributed by atoms with Crippen molar-refractivity contribution in [1.29, 1.82) is 0 Å². The number of esters is 1. The average molecular weight is 363 g/mol. The van der Waals surface area contributed by atoms with Gasteiger partial charge in [0.1, 0.15) is 5.76 Å². The number of rotatable bonds is 8. The second-order valence-corrected chi connectivity index (χ2v) is 6.11. The Labute approximate surface area is 158 Å². The maximum atomic E-state index is 12.1. The highest BCUT2D eigenvalue weighted by atomic mass is 16.5. The van der Waals surface area contributed by atoms with E-state index in [9.17, 15) is 9.59 Å². The van der Waals surface area contributed by atoms with Gasteiger partial charge in [-0.15, -0.1) is 0 Å². The van der Waals surface area contributed by atoms with Gasteiger partial charge in [0.05, 0.1) is 12.7 Å². The van der Waals surface area contributed by atoms with Gasteiger partial charge < -0.3 is 14.5 Å². The van der Waals surface area contributed by atoms with E-state index in [2.05, 4.69) is 5.32 Å². The quantitative estimate of drug-likeness (QED) is 0.615. The maximum absolute atomic E-state index is 12.1. The van der Waals surface area contributed by atoms with E-state index in [1.165, 1.54) is 0 Å². The van der Waals surface area contributed by atoms with Crippen molar-refractivity contribution < 1.29 is 18.7 Å². The van der Waals surface area contributed by atoms with Crippen LogP contribution in [0, 0.1) is 0 Å². The molecule has 0 saturated heterocycles. The van der Waals surface area contributed by atoms with Crippen LogP contribution in [-0.2, 0) is 27.2 Å². The van der Waals surface area contributed by atoms with Gasteiger partial charge in [-0.2, -0.15) is 0 Å². The molecular weight excluding hydrogens is 342 g/mol. The van der Waals surface area contributed by atoms with Crippen LogP contribution in [0.5, 0.6) is 0 Å². The third-order valence-electron chi connectivity index (χ3n) is 4.05. The molecule has 5 heteroatoms. The average Bonchev–Trinajstić information content (AvgIpc) is 3.21. The third-order valence-corrected chi connectivity index (χ3v) is 4.05. The Bertz CT molecular complexity index is 872. The first-order valence-corrected chi connectivity index (χ1v) is 8.80. The van der Waals surface area contributed by atoms with E-state index in [1.54, 1.807) is 18.4 Å². The molecule has 3 rings (SSSR count). The van der Waals surface area contributed by atoms with Gasteiger partial charge in [-0.3, -0.25) is 9.59 Å². The van der Waals surface area contributed by atoms with Crippen molar-refractivity contribution in [2.24, 2.45) is 0 Å². The van der Waals surface area contributed by atoms with Gasteiger partial charge >= 0.3 is 5.97 Å². The first-order chi connectivity index (χ1) is 13.2. The summed E-state index contributed by atoms with van der Waals surface area (Å²) in [5.41, 5.74) is 2.88. The Morgan fingerprint density at radius 2 is 1.70 bits per heavy atom. The minimum Gasteiger partial charge on any atom is -0.469 e. The normalized spacial score (nSPS) is 10.4. The van der Waals surface area contributed by atoms with Crippen molar-refractivity contribution in [3.63, 3.8) is 0 Å². The molecule has 27 heavy (non-hydrogen) atoms. The van der Waals surface area contributed by atoms with Crippen LogP contribution in [0.2, 0.25) is 0 Å². The monoisotopic (exact) mass is 363 g/mol. The van der Waals surface area contributed by atoms with Crippen LogP contribution < -0.4 is 5.32 Å². The lowest BCUT2D eigenvalue weighted by Crippen LogP contribution is -2.21. The first-order valence-electron chi connectivity index (χ1n) is 8.80. The van der Waals surface area contributed by atoms with Crippen LogP contribution >= 0.6 is 0 Å². The van der Waals surface area contributed by atoms with Crippen molar-refractivity contribution in [3.05, 3.63) is 89.9 Å². The molecule has 0 spiro atoms. The molecule has 1 N–H and O–H groups in total. The van der Waals surface area contributed by atoms with Crippen LogP contribution in [0.1, 0.15) is 23.3 Å². The highest BCUT2D eigenvalue weighted by Crippen LogP contribution is 2.19. The predicted molar refractivity (Wildman–Crippen MR) is 102 cm³/mol. The molecule has 0 aliphatic carbocycles. The summed E-state index contributed by atoms with van der Waals surface area (Å²) in [5, 5.41) is 2.82. The van der Waals surface area contributed by atoms with Gasteiger partial charge in [-0.1, -0.05) is 48.5 Å². The number of carbonyl (C=O) groups excluding carboxylic acids is 2. The summed E-state index contributed by atoms with van der Waals surface area (Å²) in [6, 6.07) is 21.2. The number of nitrogens with one attached hydrogen (secondary N) is 1. The smallest absolute Gasteiger partial charge is 0.306 e. The fourth-order valence-corrected chi connectivity index (χ4v) is 2.70. The SMILES string of the molecule is O=C(COC(=O)CCc1ccco1)Nc1ccccc1Cc1ccccc1. The molecule has 0 atom stereocenters. The molecule has 5 nitrogen and oxygen atoms in total. The molecule has 0 aliphatic rings. The van der Waals surface area contributed by atoms with E-state index in [-0.39, 0.29) is 18.9 Å². The Hall–Kier alpha value is -3.34. The Kier molecular flexibility index (Phi) is 6.41. The minimum absolute atomic E-state index is 0.172. The Balaban J connectivity index is 1.49. The lowest BCUT2D eigenvalue weighted by molar-refractivity contribution is -0.147. The number of hydrogen-bond donors (Lipinski definition) is 1. The summed E-state index contributed by atoms with van der Waals surface area (Å²) in [4.78, 5) is 23.9. The fraction of sp³-hybridized carbons (Fsp3) is 0.182. The predicted octanol–water partition coefficient (Wildman–Crippen LogP) is 3.98. The van der Waals surface area contributed by atoms with Gasteiger partial charge in [0.15, 0.2) is 6.61 Å². The van der Waals surface area contributed by atoms with Crippen LogP contribution in [0.3, 0.4) is 0 Å². The Morgan fingerprint density at radius 3 is 2.48 bits per heavy atom. The highest BCUT2D eigenvalue weighted by molar-refractivity contribution is 5.93. The zero-order valence-corrected chi connectivity index (χ0v) is 14.9. The zero-order chi connectivity index (χ0) is 18.9. The summed E-state index contributed by atoms with van der Waals surface area (Å²) in [6.45, 7) is -0.309. The second-order valence-electron chi connectivity index (χ2n) is 6.11. The molecule has 1 heterocycles. The van der Waals surface area contributed by atoms with Crippen LogP contribution in [0.15, 0.2) is 77.4 Å². The number of hydrogen-bond acceptors (Lipinski definition) is 4. The van der Waals surface area contributed by atoms with Crippen LogP contribution in [0.25, 0.3) is 0 Å². The van der Waals surface area contributed by atoms with E-state index in [1.807, 2.05) is 54.6 Å². The number of carbonyl (C=O) groups is 2. The lowest BCUT2D eigenvalue weighted by atomic mass is 10.0. The second kappa shape index (κ2) is 9.38. The first kappa shape index (κ1) is 18.5. The zero-order valence-electron chi connectivity index (χ0n) is 14.9. The number of amides is 1. The molecule has 0 fully saturated rings. The van der Waals surface area contributed by atoms with Crippen molar-refractivity contribution in [1.82, 2.24) is 0 Å². The van der Waals surface area contributed by atoms with E-state index < -0.39 is 5.97 Å². The maximum Gasteiger partial charge on any atom is 0.306 e. The molecule has 1 aromatic heterocycles. The van der Waals surface area contributed by atoms with Crippen molar-refractivity contribution in [2.45, 2.75) is 19.3 Å². The molecule has 0 bridgehead atoms. The van der Waals surface area contributed by atoms with Gasteiger partial charge in [0.25, 0.3) is 5.91 Å². The molecule has 0 unspecified atom stereocenters. The largest absolute Gasteiger partial charge is 0.469 e. The molecular formula is C22H21NO4. The van der Waals surface area contributed by atoms with Crippen molar-refractivity contribution in [3.8, 4) is 0 Å². The standard InChI is InChI=1S/C22H21NO4/c24-21(16-27-22(25)13-12-19-10-6-14-26-19)23-20-11-5-4-9-18(20)15-17-7-2-1-3-8-17/h1-11,14H,12-13,15-16H2,(H,23,24). The highest BCUT2D eigenvalue weighted by Gasteiger charge is 2.11. The number of aryl methyl sites for hydroxylation is 1. The van der Waals surface area contributed by atoms with Crippen molar-refractivity contribution in [2.75, 3.05) is 11.9 Å². The number of furan rings is 1. The van der Waals surface area contributed by atoms with Crippen LogP contribution in [0.4, 0.5) is 5.69 Å². The van der Waals surface area contributed by atoms with E-state index in [0.717, 1.165) is 16.8 Å². The molecule has 0 aliphatic heterocycles. The fourth-order valence-electron chi connectivity index (χ4n) is 2.70. The van der Waals surface area contributed by atoms with Gasteiger partial charge in [0, 0.05) is 12.1 Å². The number of para-hydroxylation sites is 1. The van der Waals surface area contributed by atoms with E-state index >= 15 is 0 Å². The number of anilines is 1. The molecule has 1 amide bonds. The van der Waals surface area contributed by atoms with Gasteiger partial charge in [0.2, 0.25) is 0 Å². The lowest BCUT2D eigenvalue weighted by Gasteiger charge is -2.11. The molecule has 0 radical (unpaired) electrons. The third kappa shape index (κ3) is 5.85. The Morgan fingerprint density at radius 1 is 0.926 bits per heavy atom. The van der Waals surface area contributed by atoms with E-state index in [4.69, 9.17) is 9.15 Å². The summed E-state index contributed by atoms with van der Waals surface area (Å²) in [5.74, 6) is -0.0766. The summed E-state index contributed by atoms with van der Waals surface area (Å²) >= 11 is 0. The molecule has 138 valence electrons. The van der Waals surface area contributed by atoms with Gasteiger partial charge in [-0.25, -0.2) is 0 Å². The minimum atomic E-state index is -0.431. The summed E-state index contributed by atoms with van der Waals surface area (Å²) in [7, 11) is 0. The van der Waals surface area contributed by atoms with Crippen molar-refractivity contribution >= 4 is 17.6 Å². The number of benzene rings is 2. The molecule has 3 aromatic rings. The molecule has 2 aromatic carbocycles. The van der Waals surface area contributed by atoms with Gasteiger partial charge in [-0.05, 0) is 35.7 Å². The topological polar surface area (TPSA) is 68.5 Å². The van der Waals surface area contributed by atoms with E-state index in [0.29, 0.717) is 18.6 Å².